The molecule has 5 heteroatoms. The predicted octanol–water partition coefficient (Wildman–Crippen LogP) is 5.70. The van der Waals surface area contributed by atoms with Crippen molar-refractivity contribution in [1.82, 2.24) is 9.97 Å². The standard InChI is InChI=1S/C25H20N2O2S/c28-24(15-10-19-6-2-1-3-7-19)20-11-13-21(14-12-20)29-16-17-30-25-22-8-4-5-9-23(22)26-18-27-25/h1-15,18H,16-17H2/b15-10+. The second-order valence-electron chi connectivity index (χ2n) is 6.53. The molecule has 0 spiro atoms. The summed E-state index contributed by atoms with van der Waals surface area (Å²) < 4.78 is 5.81. The van der Waals surface area contributed by atoms with Crippen molar-refractivity contribution in [2.75, 3.05) is 12.4 Å². The van der Waals surface area contributed by atoms with Gasteiger partial charge >= 0.3 is 0 Å². The van der Waals surface area contributed by atoms with Gasteiger partial charge in [0.1, 0.15) is 17.1 Å². The van der Waals surface area contributed by atoms with Crippen molar-refractivity contribution in [3.63, 3.8) is 0 Å². The number of carbonyl (C=O) groups excluding carboxylic acids is 1. The van der Waals surface area contributed by atoms with Crippen LogP contribution in [-0.4, -0.2) is 28.1 Å². The van der Waals surface area contributed by atoms with Crippen LogP contribution >= 0.6 is 11.8 Å². The molecule has 0 saturated carbocycles. The molecule has 1 heterocycles. The van der Waals surface area contributed by atoms with Gasteiger partial charge in [0.2, 0.25) is 0 Å². The Morgan fingerprint density at radius 2 is 1.67 bits per heavy atom. The smallest absolute Gasteiger partial charge is 0.185 e. The van der Waals surface area contributed by atoms with Gasteiger partial charge in [-0.1, -0.05) is 54.6 Å². The molecule has 0 N–H and O–H groups in total. The largest absolute Gasteiger partial charge is 0.493 e. The molecule has 3 aromatic carbocycles. The van der Waals surface area contributed by atoms with Crippen LogP contribution in [0.4, 0.5) is 0 Å². The maximum atomic E-state index is 12.3. The van der Waals surface area contributed by atoms with E-state index in [2.05, 4.69) is 9.97 Å². The lowest BCUT2D eigenvalue weighted by Crippen LogP contribution is -2.01. The molecule has 0 atom stereocenters. The summed E-state index contributed by atoms with van der Waals surface area (Å²) in [7, 11) is 0. The molecule has 30 heavy (non-hydrogen) atoms. The third-order valence-corrected chi connectivity index (χ3v) is 5.43. The van der Waals surface area contributed by atoms with Crippen molar-refractivity contribution >= 4 is 34.5 Å². The molecule has 0 amide bonds. The number of ketones is 1. The van der Waals surface area contributed by atoms with Crippen molar-refractivity contribution < 1.29 is 9.53 Å². The molecular weight excluding hydrogens is 392 g/mol. The molecule has 0 aliphatic carbocycles. The first-order valence-electron chi connectivity index (χ1n) is 9.62. The van der Waals surface area contributed by atoms with Crippen molar-refractivity contribution in [2.24, 2.45) is 0 Å². The normalized spacial score (nSPS) is 11.1. The number of hydrogen-bond donors (Lipinski definition) is 0. The number of ether oxygens (including phenoxy) is 1. The first-order chi connectivity index (χ1) is 14.8. The second-order valence-corrected chi connectivity index (χ2v) is 7.61. The molecule has 0 unspecified atom stereocenters. The van der Waals surface area contributed by atoms with Gasteiger partial charge < -0.3 is 4.74 Å². The number of para-hydroxylation sites is 1. The molecule has 0 aliphatic rings. The molecule has 0 radical (unpaired) electrons. The fourth-order valence-electron chi connectivity index (χ4n) is 2.94. The minimum atomic E-state index is -0.0309. The van der Waals surface area contributed by atoms with Crippen molar-refractivity contribution in [3.05, 3.63) is 102 Å². The Kier molecular flexibility index (Phi) is 6.52. The summed E-state index contributed by atoms with van der Waals surface area (Å²) in [6.07, 6.45) is 5.00. The summed E-state index contributed by atoms with van der Waals surface area (Å²) in [5.41, 5.74) is 2.58. The Labute approximate surface area is 179 Å². The number of thioether (sulfide) groups is 1. The van der Waals surface area contributed by atoms with E-state index >= 15 is 0 Å². The lowest BCUT2D eigenvalue weighted by atomic mass is 10.1. The molecule has 1 aromatic heterocycles. The molecule has 4 rings (SSSR count). The Morgan fingerprint density at radius 1 is 0.900 bits per heavy atom. The summed E-state index contributed by atoms with van der Waals surface area (Å²) in [6, 6.07) is 25.0. The molecular formula is C25H20N2O2S. The van der Waals surface area contributed by atoms with Gasteiger partial charge in [0.15, 0.2) is 5.78 Å². The van der Waals surface area contributed by atoms with E-state index in [4.69, 9.17) is 4.74 Å². The fourth-order valence-corrected chi connectivity index (χ4v) is 3.75. The highest BCUT2D eigenvalue weighted by molar-refractivity contribution is 7.99. The van der Waals surface area contributed by atoms with E-state index in [9.17, 15) is 4.79 Å². The Bertz CT molecular complexity index is 1150. The van der Waals surface area contributed by atoms with Gasteiger partial charge in [-0.15, -0.1) is 11.8 Å². The highest BCUT2D eigenvalue weighted by Gasteiger charge is 2.05. The lowest BCUT2D eigenvalue weighted by Gasteiger charge is -2.07. The minimum Gasteiger partial charge on any atom is -0.493 e. The number of hydrogen-bond acceptors (Lipinski definition) is 5. The Morgan fingerprint density at radius 3 is 2.50 bits per heavy atom. The van der Waals surface area contributed by atoms with Crippen LogP contribution < -0.4 is 4.74 Å². The summed E-state index contributed by atoms with van der Waals surface area (Å²) in [5.74, 6) is 1.48. The van der Waals surface area contributed by atoms with Gasteiger partial charge in [-0.3, -0.25) is 4.79 Å². The Hall–Kier alpha value is -3.44. The average Bonchev–Trinajstić information content (AvgIpc) is 2.81. The zero-order chi connectivity index (χ0) is 20.6. The van der Waals surface area contributed by atoms with Gasteiger partial charge in [-0.05, 0) is 42.0 Å². The lowest BCUT2D eigenvalue weighted by molar-refractivity contribution is 0.104. The summed E-state index contributed by atoms with van der Waals surface area (Å²) in [4.78, 5) is 21.0. The average molecular weight is 413 g/mol. The SMILES string of the molecule is O=C(/C=C/c1ccccc1)c1ccc(OCCSc2ncnc3ccccc23)cc1. The third-order valence-electron chi connectivity index (χ3n) is 4.46. The van der Waals surface area contributed by atoms with Crippen LogP contribution in [0.25, 0.3) is 17.0 Å². The fraction of sp³-hybridized carbons (Fsp3) is 0.0800. The van der Waals surface area contributed by atoms with Gasteiger partial charge in [0, 0.05) is 16.7 Å². The number of fused-ring (bicyclic) bond motifs is 1. The zero-order valence-corrected chi connectivity index (χ0v) is 17.1. The highest BCUT2D eigenvalue weighted by atomic mass is 32.2. The van der Waals surface area contributed by atoms with E-state index < -0.39 is 0 Å². The van der Waals surface area contributed by atoms with Crippen LogP contribution in [0.3, 0.4) is 0 Å². The van der Waals surface area contributed by atoms with Crippen molar-refractivity contribution in [1.29, 1.82) is 0 Å². The number of nitrogens with zero attached hydrogens (tertiary/aromatic N) is 2. The predicted molar refractivity (Wildman–Crippen MR) is 122 cm³/mol. The van der Waals surface area contributed by atoms with Crippen LogP contribution in [-0.2, 0) is 0 Å². The topological polar surface area (TPSA) is 52.1 Å². The van der Waals surface area contributed by atoms with Crippen LogP contribution in [0, 0.1) is 0 Å². The molecule has 4 aromatic rings. The highest BCUT2D eigenvalue weighted by Crippen LogP contribution is 2.24. The van der Waals surface area contributed by atoms with E-state index in [1.807, 2.05) is 72.8 Å². The van der Waals surface area contributed by atoms with Crippen LogP contribution in [0.1, 0.15) is 15.9 Å². The number of carbonyl (C=O) groups is 1. The van der Waals surface area contributed by atoms with Crippen LogP contribution in [0.5, 0.6) is 5.75 Å². The summed E-state index contributed by atoms with van der Waals surface area (Å²) in [6.45, 7) is 0.546. The van der Waals surface area contributed by atoms with Crippen LogP contribution in [0.15, 0.2) is 96.3 Å². The number of benzene rings is 3. The van der Waals surface area contributed by atoms with Gasteiger partial charge in [-0.25, -0.2) is 9.97 Å². The molecule has 0 aliphatic heterocycles. The van der Waals surface area contributed by atoms with E-state index in [1.165, 1.54) is 0 Å². The van der Waals surface area contributed by atoms with Gasteiger partial charge in [-0.2, -0.15) is 0 Å². The zero-order valence-electron chi connectivity index (χ0n) is 16.3. The van der Waals surface area contributed by atoms with Crippen molar-refractivity contribution in [2.45, 2.75) is 5.03 Å². The maximum Gasteiger partial charge on any atom is 0.185 e. The molecule has 148 valence electrons. The van der Waals surface area contributed by atoms with Crippen molar-refractivity contribution in [3.8, 4) is 5.75 Å². The number of rotatable bonds is 8. The first kappa shape index (κ1) is 19.9. The second kappa shape index (κ2) is 9.85. The minimum absolute atomic E-state index is 0.0309. The summed E-state index contributed by atoms with van der Waals surface area (Å²) >= 11 is 1.64. The first-order valence-corrected chi connectivity index (χ1v) is 10.6. The van der Waals surface area contributed by atoms with Gasteiger partial charge in [0.25, 0.3) is 0 Å². The van der Waals surface area contributed by atoms with E-state index in [-0.39, 0.29) is 5.78 Å². The molecule has 0 fully saturated rings. The number of allylic oxidation sites excluding steroid dienone is 1. The third kappa shape index (κ3) is 5.13. The quantitative estimate of drug-likeness (QED) is 0.122. The number of aromatic nitrogens is 2. The maximum absolute atomic E-state index is 12.3. The Balaban J connectivity index is 1.28. The van der Waals surface area contributed by atoms with E-state index in [1.54, 1.807) is 36.3 Å². The summed E-state index contributed by atoms with van der Waals surface area (Å²) in [5, 5.41) is 2.01. The molecule has 0 bridgehead atoms. The molecule has 0 saturated heterocycles. The monoisotopic (exact) mass is 412 g/mol. The van der Waals surface area contributed by atoms with E-state index in [0.717, 1.165) is 33.0 Å². The van der Waals surface area contributed by atoms with E-state index in [0.29, 0.717) is 12.2 Å². The van der Waals surface area contributed by atoms with Gasteiger partial charge in [0.05, 0.1) is 12.1 Å². The molecule has 4 nitrogen and oxygen atoms in total. The van der Waals surface area contributed by atoms with Crippen LogP contribution in [0.2, 0.25) is 0 Å².